The number of allylic oxidation sites excluding steroid dienone is 2. The van der Waals surface area contributed by atoms with Crippen LogP contribution in [-0.2, 0) is 54.8 Å². The zero-order valence-electron chi connectivity index (χ0n) is 66.0. The van der Waals surface area contributed by atoms with Gasteiger partial charge in [-0.3, -0.25) is 0 Å². The van der Waals surface area contributed by atoms with Crippen molar-refractivity contribution in [1.29, 1.82) is 0 Å². The van der Waals surface area contributed by atoms with Crippen molar-refractivity contribution in [3.8, 4) is 66.8 Å². The molecule has 0 amide bonds. The molecule has 1 nitrogen and oxygen atoms in total. The Morgan fingerprint density at radius 2 is 0.667 bits per heavy atom. The lowest BCUT2D eigenvalue weighted by molar-refractivity contribution is 0.399. The minimum atomic E-state index is -0.202. The highest BCUT2D eigenvalue weighted by molar-refractivity contribution is 5.91. The monoisotopic (exact) mass is 1410 g/mol. The van der Waals surface area contributed by atoms with E-state index in [-0.39, 0.29) is 16.2 Å². The number of aryl methyl sites for hydroxylation is 8. The minimum Gasteiger partial charge on any atom is -0.311 e. The largest absolute Gasteiger partial charge is 0.311 e. The van der Waals surface area contributed by atoms with Crippen molar-refractivity contribution >= 4 is 17.1 Å². The van der Waals surface area contributed by atoms with Crippen LogP contribution in [0.3, 0.4) is 0 Å². The van der Waals surface area contributed by atoms with Gasteiger partial charge in [-0.05, 0) is 335 Å². The summed E-state index contributed by atoms with van der Waals surface area (Å²) in [7, 11) is 0. The predicted octanol–water partition coefficient (Wildman–Crippen LogP) is 30.0. The molecule has 0 N–H and O–H groups in total. The van der Waals surface area contributed by atoms with Gasteiger partial charge in [0.1, 0.15) is 0 Å². The van der Waals surface area contributed by atoms with Crippen molar-refractivity contribution in [3.63, 3.8) is 0 Å². The van der Waals surface area contributed by atoms with Crippen molar-refractivity contribution in [2.75, 3.05) is 4.90 Å². The number of hydrogen-bond acceptors (Lipinski definition) is 1. The molecule has 0 spiro atoms. The smallest absolute Gasteiger partial charge is 0.0462 e. The molecule has 16 rings (SSSR count). The number of hydrogen-bond donors (Lipinski definition) is 0. The molecule has 1 unspecified atom stereocenters. The molecule has 0 radical (unpaired) electrons. The molecular weight excluding hydrogens is 1300 g/mol. The summed E-state index contributed by atoms with van der Waals surface area (Å²) in [5, 5.41) is 0. The second kappa shape index (κ2) is 31.7. The number of anilines is 3. The summed E-state index contributed by atoms with van der Waals surface area (Å²) in [5.74, 6) is 0.523. The van der Waals surface area contributed by atoms with E-state index < -0.39 is 0 Å². The Balaban J connectivity index is 0.733. The second-order valence-corrected chi connectivity index (χ2v) is 34.1. The van der Waals surface area contributed by atoms with Crippen LogP contribution in [-0.4, -0.2) is 0 Å². The molecule has 0 aromatic heterocycles. The van der Waals surface area contributed by atoms with Gasteiger partial charge in [-0.1, -0.05) is 267 Å². The summed E-state index contributed by atoms with van der Waals surface area (Å²) in [5.41, 5.74) is 42.0. The van der Waals surface area contributed by atoms with E-state index in [4.69, 9.17) is 0 Å². The molecular formula is C107H115N. The van der Waals surface area contributed by atoms with Crippen molar-refractivity contribution in [1.82, 2.24) is 0 Å². The maximum atomic E-state index is 4.04. The Bertz CT molecular complexity index is 5000. The lowest BCUT2D eigenvalue weighted by Crippen LogP contribution is -2.25. The summed E-state index contributed by atoms with van der Waals surface area (Å²) in [4.78, 5) is 2.43. The maximum absolute atomic E-state index is 4.04. The molecule has 0 bridgehead atoms. The molecule has 0 saturated carbocycles. The van der Waals surface area contributed by atoms with Gasteiger partial charge >= 0.3 is 0 Å². The van der Waals surface area contributed by atoms with Crippen molar-refractivity contribution in [3.05, 3.63) is 327 Å². The topological polar surface area (TPSA) is 3.24 Å². The summed E-state index contributed by atoms with van der Waals surface area (Å²) in [6.07, 6.45) is 36.8. The molecule has 548 valence electrons. The molecule has 5 aliphatic carbocycles. The Morgan fingerprint density at radius 1 is 0.333 bits per heavy atom. The SMILES string of the molecule is C=CCCCCCCC1(CCCCCCC=C)c2cc(C)ccc2-c2ccc(-c3ccc4c(c3)C(C)(C)c3cc(-c5ccc6c(c5)C(CCCCCc5ccc7c(c5)CC7)(CCCCCc5ccc7c(c5)CC7)c5cc(-c7ccc(N(c8ccc(C)cc8)c8ccc(C(C)CC)cc8)cc7)ccc5-6)ccc3-4)cc21. The first-order valence-corrected chi connectivity index (χ1v) is 42.2. The van der Waals surface area contributed by atoms with Gasteiger partial charge in [0.15, 0.2) is 0 Å². The first-order valence-electron chi connectivity index (χ1n) is 42.2. The Hall–Kier alpha value is -9.30. The van der Waals surface area contributed by atoms with Gasteiger partial charge in [0.25, 0.3) is 0 Å². The minimum absolute atomic E-state index is 0.00133. The van der Waals surface area contributed by atoms with E-state index in [2.05, 4.69) is 290 Å². The number of fused-ring (bicyclic) bond motifs is 11. The molecule has 1 atom stereocenters. The zero-order valence-corrected chi connectivity index (χ0v) is 66.0. The molecule has 0 aliphatic heterocycles. The van der Waals surface area contributed by atoms with E-state index in [0.29, 0.717) is 5.92 Å². The third-order valence-electron chi connectivity index (χ3n) is 26.8. The quantitative estimate of drug-likeness (QED) is 0.0287. The second-order valence-electron chi connectivity index (χ2n) is 34.1. The Labute approximate surface area is 648 Å². The van der Waals surface area contributed by atoms with E-state index in [9.17, 15) is 0 Å². The summed E-state index contributed by atoms with van der Waals surface area (Å²) < 4.78 is 0. The number of rotatable bonds is 34. The van der Waals surface area contributed by atoms with E-state index in [1.165, 1.54) is 262 Å². The molecule has 11 aromatic rings. The normalized spacial score (nSPS) is 14.8. The third kappa shape index (κ3) is 14.3. The van der Waals surface area contributed by atoms with Gasteiger partial charge in [0.2, 0.25) is 0 Å². The van der Waals surface area contributed by atoms with Crippen LogP contribution in [0.25, 0.3) is 66.8 Å². The van der Waals surface area contributed by atoms with Crippen LogP contribution in [0, 0.1) is 13.8 Å². The van der Waals surface area contributed by atoms with Gasteiger partial charge in [-0.25, -0.2) is 0 Å². The summed E-state index contributed by atoms with van der Waals surface area (Å²) >= 11 is 0. The van der Waals surface area contributed by atoms with Gasteiger partial charge in [-0.15, -0.1) is 13.2 Å². The van der Waals surface area contributed by atoms with Crippen LogP contribution < -0.4 is 4.90 Å². The van der Waals surface area contributed by atoms with Crippen LogP contribution in [0.5, 0.6) is 0 Å². The molecule has 5 aliphatic rings. The Morgan fingerprint density at radius 3 is 1.06 bits per heavy atom. The van der Waals surface area contributed by atoms with E-state index in [0.717, 1.165) is 44.9 Å². The van der Waals surface area contributed by atoms with Crippen LogP contribution in [0.4, 0.5) is 17.1 Å². The van der Waals surface area contributed by atoms with E-state index in [1.807, 2.05) is 0 Å². The van der Waals surface area contributed by atoms with E-state index in [1.54, 1.807) is 33.4 Å². The molecule has 0 saturated heterocycles. The average Bonchev–Trinajstić information content (AvgIpc) is 1.56. The number of benzene rings is 11. The first-order chi connectivity index (χ1) is 52.8. The molecule has 108 heavy (non-hydrogen) atoms. The number of unbranched alkanes of at least 4 members (excludes halogenated alkanes) is 12. The fraction of sp³-hybridized carbons (Fsp3) is 0.346. The van der Waals surface area contributed by atoms with Crippen LogP contribution in [0.2, 0.25) is 0 Å². The van der Waals surface area contributed by atoms with Crippen LogP contribution in [0.1, 0.15) is 252 Å². The standard InChI is InChI=1S/C107H115N/c1-9-12-14-16-18-24-62-106(63-25-19-17-15-13-10-2)101-66-75(5)32-56-95(101)96-60-48-88(72-103(96)106)86-46-57-93-94-58-47-87(70-100(94)105(7,8)99(93)69-86)89-49-61-98-97-59-45-85(82-43-54-92(55-44-82)108(90-50-30-74(4)31-51-90)91-52-41-79(42-53-91)76(6)11-3)71-102(97)107(104(98)73-89,64-26-20-22-28-77-33-35-80-37-39-83(80)67-77)65-27-21-23-29-78-34-36-81-38-40-84(81)68-78/h9-10,30-36,41-61,66-73,76H,1-2,11-29,37-40,62-65H2,3-8H3. The van der Waals surface area contributed by atoms with Crippen LogP contribution in [0.15, 0.2) is 244 Å². The van der Waals surface area contributed by atoms with Crippen molar-refractivity contribution in [2.45, 2.75) is 237 Å². The van der Waals surface area contributed by atoms with Gasteiger partial charge in [0.05, 0.1) is 0 Å². The van der Waals surface area contributed by atoms with Gasteiger partial charge in [-0.2, -0.15) is 0 Å². The lowest BCUT2D eigenvalue weighted by atomic mass is 9.70. The average molecular weight is 1420 g/mol. The predicted molar refractivity (Wildman–Crippen MR) is 463 cm³/mol. The Kier molecular flexibility index (Phi) is 21.4. The highest BCUT2D eigenvalue weighted by atomic mass is 15.1. The summed E-state index contributed by atoms with van der Waals surface area (Å²) in [6.45, 7) is 22.2. The van der Waals surface area contributed by atoms with E-state index >= 15 is 0 Å². The zero-order chi connectivity index (χ0) is 73.9. The van der Waals surface area contributed by atoms with Crippen LogP contribution >= 0.6 is 0 Å². The highest BCUT2D eigenvalue weighted by Crippen LogP contribution is 2.59. The van der Waals surface area contributed by atoms with Gasteiger partial charge < -0.3 is 4.90 Å². The third-order valence-corrected chi connectivity index (χ3v) is 26.8. The molecule has 11 aromatic carbocycles. The molecule has 0 heterocycles. The summed E-state index contributed by atoms with van der Waals surface area (Å²) in [6, 6.07) is 87.8. The molecule has 1 heteroatoms. The van der Waals surface area contributed by atoms with Crippen molar-refractivity contribution < 1.29 is 0 Å². The highest BCUT2D eigenvalue weighted by Gasteiger charge is 2.45. The molecule has 0 fully saturated rings. The van der Waals surface area contributed by atoms with Gasteiger partial charge in [0, 0.05) is 33.3 Å². The lowest BCUT2D eigenvalue weighted by Gasteiger charge is -2.33. The van der Waals surface area contributed by atoms with Crippen molar-refractivity contribution in [2.24, 2.45) is 0 Å². The first kappa shape index (κ1) is 72.9. The maximum Gasteiger partial charge on any atom is 0.0462 e. The fourth-order valence-electron chi connectivity index (χ4n) is 20.0. The number of nitrogens with zero attached hydrogens (tertiary/aromatic N) is 1. The fourth-order valence-corrected chi connectivity index (χ4v) is 20.0.